The number of carbonyl (C=O) groups is 1. The summed E-state index contributed by atoms with van der Waals surface area (Å²) in [5, 5.41) is 21.9. The molecule has 0 aliphatic rings. The molecule has 0 aliphatic carbocycles. The third-order valence-electron chi connectivity index (χ3n) is 4.36. The zero-order valence-corrected chi connectivity index (χ0v) is 16.0. The predicted octanol–water partition coefficient (Wildman–Crippen LogP) is 3.65. The van der Waals surface area contributed by atoms with Crippen LogP contribution < -0.4 is 15.3 Å². The van der Waals surface area contributed by atoms with Crippen LogP contribution in [0.25, 0.3) is 0 Å². The summed E-state index contributed by atoms with van der Waals surface area (Å²) in [7, 11) is 1.62. The van der Waals surface area contributed by atoms with Crippen molar-refractivity contribution in [3.63, 3.8) is 0 Å². The van der Waals surface area contributed by atoms with Crippen molar-refractivity contribution in [3.8, 4) is 5.75 Å². The molecule has 0 saturated carbocycles. The van der Waals surface area contributed by atoms with Gasteiger partial charge in [-0.2, -0.15) is 0 Å². The third-order valence-corrected chi connectivity index (χ3v) is 4.36. The second-order valence-corrected chi connectivity index (χ2v) is 6.46. The first-order valence-electron chi connectivity index (χ1n) is 9.29. The average molecular weight is 387 g/mol. The topological polar surface area (TPSA) is 94.1 Å². The summed E-state index contributed by atoms with van der Waals surface area (Å²) in [6, 6.07) is 16.6. The van der Waals surface area contributed by atoms with Crippen molar-refractivity contribution in [2.24, 2.45) is 0 Å². The SMILES string of the molecule is COc1ccc(COC(CCCCC(=O)NO)CN([O-])c2ccccc2)cc1. The maximum Gasteiger partial charge on any atom is 0.243 e. The minimum Gasteiger partial charge on any atom is -0.758 e. The fourth-order valence-corrected chi connectivity index (χ4v) is 2.76. The van der Waals surface area contributed by atoms with Crippen molar-refractivity contribution in [2.75, 3.05) is 18.7 Å². The standard InChI is InChI=1S/C21H27N2O5/c1-27-19-13-11-17(12-14-19)16-28-20(9-5-6-10-21(24)22-25)15-23(26)18-7-3-2-4-8-18/h2-4,7-8,11-14,20,25H,5-6,9-10,15-16H2,1H3,(H,22,24)/q-1. The number of amides is 1. The lowest BCUT2D eigenvalue weighted by Gasteiger charge is -2.34. The highest BCUT2D eigenvalue weighted by atomic mass is 16.5. The van der Waals surface area contributed by atoms with E-state index in [0.717, 1.165) is 16.4 Å². The Morgan fingerprint density at radius 2 is 1.86 bits per heavy atom. The molecule has 2 aromatic carbocycles. The van der Waals surface area contributed by atoms with Gasteiger partial charge >= 0.3 is 0 Å². The van der Waals surface area contributed by atoms with Crippen LogP contribution in [0.15, 0.2) is 54.6 Å². The molecule has 152 valence electrons. The number of methoxy groups -OCH3 is 1. The van der Waals surface area contributed by atoms with Crippen LogP contribution in [0.4, 0.5) is 5.69 Å². The molecule has 1 atom stereocenters. The van der Waals surface area contributed by atoms with Crippen LogP contribution in [-0.4, -0.2) is 30.9 Å². The highest BCUT2D eigenvalue weighted by Gasteiger charge is 2.12. The quantitative estimate of drug-likeness (QED) is 0.328. The van der Waals surface area contributed by atoms with Crippen LogP contribution in [0.2, 0.25) is 0 Å². The second-order valence-electron chi connectivity index (χ2n) is 6.46. The van der Waals surface area contributed by atoms with E-state index in [2.05, 4.69) is 0 Å². The lowest BCUT2D eigenvalue weighted by atomic mass is 10.1. The van der Waals surface area contributed by atoms with E-state index < -0.39 is 5.91 Å². The number of hydrogen-bond donors (Lipinski definition) is 2. The van der Waals surface area contributed by atoms with E-state index in [1.807, 2.05) is 42.5 Å². The molecule has 7 heteroatoms. The van der Waals surface area contributed by atoms with E-state index in [4.69, 9.17) is 14.7 Å². The molecule has 2 aromatic rings. The smallest absolute Gasteiger partial charge is 0.243 e. The maximum atomic E-state index is 12.5. The first-order chi connectivity index (χ1) is 13.6. The van der Waals surface area contributed by atoms with Gasteiger partial charge in [-0.3, -0.25) is 10.0 Å². The van der Waals surface area contributed by atoms with Crippen LogP contribution in [0.5, 0.6) is 5.75 Å². The Labute approximate surface area is 165 Å². The largest absolute Gasteiger partial charge is 0.758 e. The number of nitrogens with one attached hydrogen (secondary N) is 1. The molecule has 0 heterocycles. The molecule has 0 bridgehead atoms. The number of nitrogens with zero attached hydrogens (tertiary/aromatic N) is 1. The molecule has 0 saturated heterocycles. The van der Waals surface area contributed by atoms with Crippen molar-refractivity contribution < 1.29 is 19.5 Å². The lowest BCUT2D eigenvalue weighted by Crippen LogP contribution is -2.30. The van der Waals surface area contributed by atoms with Gasteiger partial charge in [-0.15, -0.1) is 0 Å². The number of para-hydroxylation sites is 1. The Bertz CT molecular complexity index is 694. The Morgan fingerprint density at radius 1 is 1.14 bits per heavy atom. The minimum atomic E-state index is -0.412. The fourth-order valence-electron chi connectivity index (χ4n) is 2.76. The van der Waals surface area contributed by atoms with Crippen molar-refractivity contribution >= 4 is 11.6 Å². The normalized spacial score (nSPS) is 11.7. The number of ether oxygens (including phenoxy) is 2. The van der Waals surface area contributed by atoms with Crippen LogP contribution in [-0.2, 0) is 16.1 Å². The van der Waals surface area contributed by atoms with Gasteiger partial charge < -0.3 is 19.7 Å². The average Bonchev–Trinajstić information content (AvgIpc) is 2.75. The number of benzene rings is 2. The summed E-state index contributed by atoms with van der Waals surface area (Å²) in [4.78, 5) is 11.1. The van der Waals surface area contributed by atoms with Gasteiger partial charge in [0, 0.05) is 18.7 Å². The molecule has 28 heavy (non-hydrogen) atoms. The van der Waals surface area contributed by atoms with Crippen LogP contribution in [0, 0.1) is 5.21 Å². The highest BCUT2D eigenvalue weighted by molar-refractivity contribution is 5.74. The molecular weight excluding hydrogens is 360 g/mol. The van der Waals surface area contributed by atoms with Crippen molar-refractivity contribution in [2.45, 2.75) is 38.4 Å². The number of hydrogen-bond acceptors (Lipinski definition) is 6. The van der Waals surface area contributed by atoms with Gasteiger partial charge in [0.05, 0.1) is 19.8 Å². The third kappa shape index (κ3) is 7.56. The molecule has 0 spiro atoms. The summed E-state index contributed by atoms with van der Waals surface area (Å²) >= 11 is 0. The zero-order chi connectivity index (χ0) is 20.2. The zero-order valence-electron chi connectivity index (χ0n) is 16.0. The lowest BCUT2D eigenvalue weighted by molar-refractivity contribution is -0.129. The van der Waals surface area contributed by atoms with Gasteiger partial charge in [0.1, 0.15) is 5.75 Å². The van der Waals surface area contributed by atoms with E-state index in [9.17, 15) is 10.0 Å². The molecular formula is C21H27N2O5-. The molecule has 0 radical (unpaired) electrons. The first-order valence-corrected chi connectivity index (χ1v) is 9.29. The van der Waals surface area contributed by atoms with E-state index >= 15 is 0 Å². The van der Waals surface area contributed by atoms with Gasteiger partial charge in [0.15, 0.2) is 0 Å². The van der Waals surface area contributed by atoms with Crippen LogP contribution in [0.3, 0.4) is 0 Å². The predicted molar refractivity (Wildman–Crippen MR) is 107 cm³/mol. The summed E-state index contributed by atoms with van der Waals surface area (Å²) < 4.78 is 11.1. The van der Waals surface area contributed by atoms with Gasteiger partial charge in [-0.25, -0.2) is 5.48 Å². The van der Waals surface area contributed by atoms with E-state index in [-0.39, 0.29) is 19.1 Å². The Kier molecular flexibility index (Phi) is 9.27. The van der Waals surface area contributed by atoms with Crippen molar-refractivity contribution in [1.29, 1.82) is 0 Å². The molecule has 0 aliphatic heterocycles. The maximum absolute atomic E-state index is 12.5. The second kappa shape index (κ2) is 12.0. The van der Waals surface area contributed by atoms with E-state index in [1.54, 1.807) is 24.7 Å². The molecule has 2 N–H and O–H groups in total. The molecule has 0 aromatic heterocycles. The Morgan fingerprint density at radius 3 is 2.50 bits per heavy atom. The molecule has 1 unspecified atom stereocenters. The Balaban J connectivity index is 1.90. The number of hydroxylamine groups is 2. The van der Waals surface area contributed by atoms with E-state index in [0.29, 0.717) is 31.6 Å². The Hall–Kier alpha value is -2.61. The number of carbonyl (C=O) groups excluding carboxylic acids is 1. The molecule has 2 rings (SSSR count). The summed E-state index contributed by atoms with van der Waals surface area (Å²) in [6.07, 6.45) is 1.92. The first kappa shape index (κ1) is 21.7. The molecule has 1 amide bonds. The molecule has 0 fully saturated rings. The minimum absolute atomic E-state index is 0.201. The van der Waals surface area contributed by atoms with Gasteiger partial charge in [-0.05, 0) is 42.7 Å². The van der Waals surface area contributed by atoms with Gasteiger partial charge in [-0.1, -0.05) is 36.8 Å². The number of unbranched alkanes of at least 4 members (excludes halogenated alkanes) is 1. The summed E-state index contributed by atoms with van der Waals surface area (Å²) in [6.45, 7) is 0.584. The van der Waals surface area contributed by atoms with Gasteiger partial charge in [0.2, 0.25) is 5.91 Å². The number of rotatable bonds is 12. The van der Waals surface area contributed by atoms with Crippen LogP contribution in [0.1, 0.15) is 31.2 Å². The fraction of sp³-hybridized carbons (Fsp3) is 0.381. The highest BCUT2D eigenvalue weighted by Crippen LogP contribution is 2.18. The van der Waals surface area contributed by atoms with Gasteiger partial charge in [0.25, 0.3) is 0 Å². The number of anilines is 1. The van der Waals surface area contributed by atoms with Crippen molar-refractivity contribution in [1.82, 2.24) is 5.48 Å². The van der Waals surface area contributed by atoms with E-state index in [1.165, 1.54) is 0 Å². The molecule has 7 nitrogen and oxygen atoms in total. The monoisotopic (exact) mass is 387 g/mol. The summed E-state index contributed by atoms with van der Waals surface area (Å²) in [5.41, 5.74) is 3.20. The van der Waals surface area contributed by atoms with Crippen molar-refractivity contribution in [3.05, 3.63) is 65.4 Å². The van der Waals surface area contributed by atoms with Crippen LogP contribution >= 0.6 is 0 Å². The summed E-state index contributed by atoms with van der Waals surface area (Å²) in [5.74, 6) is 0.364.